The summed E-state index contributed by atoms with van der Waals surface area (Å²) in [5, 5.41) is 8.75. The first-order valence-corrected chi connectivity index (χ1v) is 6.50. The highest BCUT2D eigenvalue weighted by molar-refractivity contribution is 5.99. The van der Waals surface area contributed by atoms with Crippen molar-refractivity contribution in [1.82, 2.24) is 0 Å². The molecule has 1 atom stereocenters. The van der Waals surface area contributed by atoms with Crippen LogP contribution in [0.1, 0.15) is 29.3 Å². The third-order valence-electron chi connectivity index (χ3n) is 2.98. The van der Waals surface area contributed by atoms with E-state index in [1.165, 1.54) is 0 Å². The largest absolute Gasteiger partial charge is 0.482 e. The average molecular weight is 265 g/mol. The summed E-state index contributed by atoms with van der Waals surface area (Å²) in [4.78, 5) is 12.3. The van der Waals surface area contributed by atoms with Gasteiger partial charge in [0.05, 0.1) is 11.6 Å². The number of nitrogens with zero attached hydrogens (tertiary/aromatic N) is 1. The van der Waals surface area contributed by atoms with E-state index in [0.29, 0.717) is 23.3 Å². The molecule has 0 saturated carbocycles. The number of hydrogen-bond donors (Lipinski definition) is 0. The summed E-state index contributed by atoms with van der Waals surface area (Å²) in [5.41, 5.74) is 1.22. The molecule has 0 aliphatic rings. The average Bonchev–Trinajstić information content (AvgIpc) is 2.53. The molecule has 2 rings (SSSR count). The van der Waals surface area contributed by atoms with Gasteiger partial charge in [0.15, 0.2) is 6.10 Å². The molecule has 0 aliphatic heterocycles. The molecule has 1 unspecified atom stereocenters. The fourth-order valence-corrected chi connectivity index (χ4v) is 1.88. The normalized spacial score (nSPS) is 11.4. The summed E-state index contributed by atoms with van der Waals surface area (Å²) >= 11 is 0. The first kappa shape index (κ1) is 13.8. The lowest BCUT2D eigenvalue weighted by atomic mass is 10.0. The molecular formula is C17H15NO2. The van der Waals surface area contributed by atoms with E-state index in [-0.39, 0.29) is 5.78 Å². The van der Waals surface area contributed by atoms with E-state index in [1.807, 2.05) is 31.2 Å². The second-order valence-corrected chi connectivity index (χ2v) is 4.38. The van der Waals surface area contributed by atoms with Gasteiger partial charge in [-0.2, -0.15) is 5.26 Å². The van der Waals surface area contributed by atoms with Crippen LogP contribution < -0.4 is 4.74 Å². The first-order valence-electron chi connectivity index (χ1n) is 6.50. The summed E-state index contributed by atoms with van der Waals surface area (Å²) in [7, 11) is 0. The van der Waals surface area contributed by atoms with Crippen LogP contribution in [0.5, 0.6) is 5.75 Å². The maximum atomic E-state index is 12.3. The zero-order chi connectivity index (χ0) is 14.4. The van der Waals surface area contributed by atoms with Crippen LogP contribution in [0.25, 0.3) is 0 Å². The fraction of sp³-hybridized carbons (Fsp3) is 0.176. The number of carbonyl (C=O) groups is 1. The second-order valence-electron chi connectivity index (χ2n) is 4.38. The molecule has 0 fully saturated rings. The van der Waals surface area contributed by atoms with Crippen molar-refractivity contribution >= 4 is 5.78 Å². The number of hydrogen-bond acceptors (Lipinski definition) is 3. The van der Waals surface area contributed by atoms with Gasteiger partial charge in [-0.05, 0) is 30.7 Å². The molecule has 0 radical (unpaired) electrons. The van der Waals surface area contributed by atoms with Crippen LogP contribution in [0.3, 0.4) is 0 Å². The van der Waals surface area contributed by atoms with Crippen molar-refractivity contribution in [3.63, 3.8) is 0 Å². The van der Waals surface area contributed by atoms with E-state index in [4.69, 9.17) is 10.00 Å². The third kappa shape index (κ3) is 3.24. The molecular weight excluding hydrogens is 250 g/mol. The van der Waals surface area contributed by atoms with E-state index in [0.717, 1.165) is 0 Å². The highest BCUT2D eigenvalue weighted by atomic mass is 16.5. The number of rotatable bonds is 5. The molecule has 0 saturated heterocycles. The van der Waals surface area contributed by atoms with Crippen molar-refractivity contribution in [2.45, 2.75) is 19.4 Å². The number of carbonyl (C=O) groups excluding carboxylic acids is 1. The minimum atomic E-state index is -0.509. The quantitative estimate of drug-likeness (QED) is 0.776. The molecule has 0 aromatic heterocycles. The Balaban J connectivity index is 2.12. The molecule has 0 bridgehead atoms. The number of ketones is 1. The van der Waals surface area contributed by atoms with E-state index in [2.05, 4.69) is 0 Å². The highest BCUT2D eigenvalue weighted by Crippen LogP contribution is 2.17. The van der Waals surface area contributed by atoms with Gasteiger partial charge in [-0.1, -0.05) is 37.3 Å². The zero-order valence-corrected chi connectivity index (χ0v) is 11.2. The topological polar surface area (TPSA) is 50.1 Å². The summed E-state index contributed by atoms with van der Waals surface area (Å²) in [6, 6.07) is 17.9. The van der Waals surface area contributed by atoms with Gasteiger partial charge < -0.3 is 4.74 Å². The van der Waals surface area contributed by atoms with Crippen LogP contribution >= 0.6 is 0 Å². The molecule has 0 aliphatic carbocycles. The molecule has 0 spiro atoms. The first-order chi connectivity index (χ1) is 9.74. The lowest BCUT2D eigenvalue weighted by Crippen LogP contribution is -2.26. The van der Waals surface area contributed by atoms with Crippen molar-refractivity contribution in [2.75, 3.05) is 0 Å². The lowest BCUT2D eigenvalue weighted by molar-refractivity contribution is 0.0786. The Morgan fingerprint density at radius 1 is 1.15 bits per heavy atom. The van der Waals surface area contributed by atoms with Crippen LogP contribution in [0, 0.1) is 11.3 Å². The molecule has 2 aromatic carbocycles. The zero-order valence-electron chi connectivity index (χ0n) is 11.2. The van der Waals surface area contributed by atoms with Gasteiger partial charge in [0.1, 0.15) is 5.75 Å². The van der Waals surface area contributed by atoms with Crippen LogP contribution in [0.2, 0.25) is 0 Å². The van der Waals surface area contributed by atoms with Gasteiger partial charge in [-0.3, -0.25) is 4.79 Å². The number of nitriles is 1. The van der Waals surface area contributed by atoms with Crippen molar-refractivity contribution in [3.05, 3.63) is 65.7 Å². The maximum Gasteiger partial charge on any atom is 0.203 e. The maximum absolute atomic E-state index is 12.3. The van der Waals surface area contributed by atoms with Gasteiger partial charge in [0.2, 0.25) is 5.78 Å². The Bertz CT molecular complexity index is 612. The second kappa shape index (κ2) is 6.53. The molecule has 100 valence electrons. The summed E-state index contributed by atoms with van der Waals surface area (Å²) in [5.74, 6) is 0.567. The summed E-state index contributed by atoms with van der Waals surface area (Å²) in [6.45, 7) is 1.91. The van der Waals surface area contributed by atoms with Gasteiger partial charge in [0.25, 0.3) is 0 Å². The Morgan fingerprint density at radius 3 is 2.35 bits per heavy atom. The van der Waals surface area contributed by atoms with Crippen molar-refractivity contribution in [1.29, 1.82) is 5.26 Å². The van der Waals surface area contributed by atoms with Gasteiger partial charge in [0, 0.05) is 5.56 Å². The number of benzene rings is 2. The molecule has 20 heavy (non-hydrogen) atoms. The highest BCUT2D eigenvalue weighted by Gasteiger charge is 2.19. The molecule has 0 heterocycles. The third-order valence-corrected chi connectivity index (χ3v) is 2.98. The Kier molecular flexibility index (Phi) is 4.52. The number of Topliss-reactive ketones (excluding diaryl/α,β-unsaturated/α-hetero) is 1. The van der Waals surface area contributed by atoms with Gasteiger partial charge in [-0.15, -0.1) is 0 Å². The van der Waals surface area contributed by atoms with Gasteiger partial charge in [-0.25, -0.2) is 0 Å². The Morgan fingerprint density at radius 2 is 1.80 bits per heavy atom. The lowest BCUT2D eigenvalue weighted by Gasteiger charge is -2.16. The predicted molar refractivity (Wildman–Crippen MR) is 76.6 cm³/mol. The van der Waals surface area contributed by atoms with E-state index in [1.54, 1.807) is 36.4 Å². The Hall–Kier alpha value is -2.60. The summed E-state index contributed by atoms with van der Waals surface area (Å²) < 4.78 is 5.72. The molecule has 0 amide bonds. The molecule has 2 aromatic rings. The SMILES string of the molecule is CCC(Oc1ccc(C#N)cc1)C(=O)c1ccccc1. The van der Waals surface area contributed by atoms with Crippen LogP contribution in [0.4, 0.5) is 0 Å². The van der Waals surface area contributed by atoms with Crippen molar-refractivity contribution in [2.24, 2.45) is 0 Å². The van der Waals surface area contributed by atoms with Crippen molar-refractivity contribution < 1.29 is 9.53 Å². The molecule has 3 nitrogen and oxygen atoms in total. The van der Waals surface area contributed by atoms with Crippen LogP contribution in [0.15, 0.2) is 54.6 Å². The summed E-state index contributed by atoms with van der Waals surface area (Å²) in [6.07, 6.45) is 0.0821. The van der Waals surface area contributed by atoms with E-state index >= 15 is 0 Å². The Labute approximate surface area is 118 Å². The molecule has 3 heteroatoms. The van der Waals surface area contributed by atoms with Crippen LogP contribution in [-0.2, 0) is 0 Å². The van der Waals surface area contributed by atoms with Gasteiger partial charge >= 0.3 is 0 Å². The standard InChI is InChI=1S/C17H15NO2/c1-2-16(17(19)14-6-4-3-5-7-14)20-15-10-8-13(12-18)9-11-15/h3-11,16H,2H2,1H3. The van der Waals surface area contributed by atoms with E-state index in [9.17, 15) is 4.79 Å². The predicted octanol–water partition coefficient (Wildman–Crippen LogP) is 3.60. The minimum Gasteiger partial charge on any atom is -0.482 e. The molecule has 0 N–H and O–H groups in total. The number of ether oxygens (including phenoxy) is 1. The monoisotopic (exact) mass is 265 g/mol. The van der Waals surface area contributed by atoms with E-state index < -0.39 is 6.10 Å². The minimum absolute atomic E-state index is 0.0301. The smallest absolute Gasteiger partial charge is 0.203 e. The van der Waals surface area contributed by atoms with Crippen molar-refractivity contribution in [3.8, 4) is 11.8 Å². The fourth-order valence-electron chi connectivity index (χ4n) is 1.88. The van der Waals surface area contributed by atoms with Crippen LogP contribution in [-0.4, -0.2) is 11.9 Å².